The highest BCUT2D eigenvalue weighted by Gasteiger charge is 2.46. The number of nitrogens with two attached hydrogens (primary N) is 2. The number of aromatic nitrogens is 1. The van der Waals surface area contributed by atoms with Gasteiger partial charge in [-0.05, 0) is 18.1 Å². The number of para-hydroxylation sites is 1. The van der Waals surface area contributed by atoms with Gasteiger partial charge in [0.1, 0.15) is 0 Å². The molecule has 1 unspecified atom stereocenters. The van der Waals surface area contributed by atoms with E-state index >= 15 is 0 Å². The predicted octanol–water partition coefficient (Wildman–Crippen LogP) is -0.592. The van der Waals surface area contributed by atoms with Crippen molar-refractivity contribution < 1.29 is 14.3 Å². The molecule has 0 bridgehead atoms. The Balaban J connectivity index is 1.70. The van der Waals surface area contributed by atoms with Crippen LogP contribution in [0.25, 0.3) is 10.9 Å². The van der Waals surface area contributed by atoms with Crippen LogP contribution >= 0.6 is 0 Å². The van der Waals surface area contributed by atoms with E-state index in [4.69, 9.17) is 16.2 Å². The van der Waals surface area contributed by atoms with Gasteiger partial charge in [0.05, 0.1) is 19.3 Å². The molecule has 6 N–H and O–H groups in total. The second kappa shape index (κ2) is 5.43. The summed E-state index contributed by atoms with van der Waals surface area (Å²) in [5.74, 6) is -1.02. The topological polar surface area (TPSA) is 123 Å². The Morgan fingerprint density at radius 1 is 1.36 bits per heavy atom. The second-order valence-corrected chi connectivity index (χ2v) is 5.60. The molecule has 22 heavy (non-hydrogen) atoms. The van der Waals surface area contributed by atoms with Gasteiger partial charge in [0.2, 0.25) is 11.8 Å². The van der Waals surface area contributed by atoms with Crippen molar-refractivity contribution in [2.24, 2.45) is 11.5 Å². The van der Waals surface area contributed by atoms with Crippen LogP contribution in [0.3, 0.4) is 0 Å². The highest BCUT2D eigenvalue weighted by atomic mass is 16.5. The summed E-state index contributed by atoms with van der Waals surface area (Å²) in [4.78, 5) is 26.8. The van der Waals surface area contributed by atoms with E-state index in [-0.39, 0.29) is 13.2 Å². The van der Waals surface area contributed by atoms with Gasteiger partial charge in [-0.2, -0.15) is 0 Å². The molecular formula is C15H18N4O3. The molecule has 1 saturated heterocycles. The SMILES string of the molecule is NC(=O)C1(NC(=O)C(N)Cc2c[nH]c3ccccc23)COC1. The van der Waals surface area contributed by atoms with Crippen LogP contribution in [-0.4, -0.2) is 41.6 Å². The van der Waals surface area contributed by atoms with E-state index < -0.39 is 23.4 Å². The third-order valence-corrected chi connectivity index (χ3v) is 3.98. The van der Waals surface area contributed by atoms with Gasteiger partial charge in [-0.15, -0.1) is 0 Å². The number of fused-ring (bicyclic) bond motifs is 1. The molecule has 1 aromatic carbocycles. The van der Waals surface area contributed by atoms with Crippen molar-refractivity contribution in [1.82, 2.24) is 10.3 Å². The van der Waals surface area contributed by atoms with Crippen molar-refractivity contribution in [3.8, 4) is 0 Å². The van der Waals surface area contributed by atoms with E-state index in [1.54, 1.807) is 0 Å². The molecule has 0 radical (unpaired) electrons. The lowest BCUT2D eigenvalue weighted by Gasteiger charge is -2.39. The molecule has 2 aromatic rings. The first-order valence-electron chi connectivity index (χ1n) is 7.02. The van der Waals surface area contributed by atoms with Gasteiger partial charge in [0.25, 0.3) is 0 Å². The quantitative estimate of drug-likeness (QED) is 0.589. The Morgan fingerprint density at radius 2 is 2.09 bits per heavy atom. The third-order valence-electron chi connectivity index (χ3n) is 3.98. The van der Waals surface area contributed by atoms with Crippen LogP contribution in [-0.2, 0) is 20.7 Å². The summed E-state index contributed by atoms with van der Waals surface area (Å²) in [6.07, 6.45) is 2.21. The molecule has 1 atom stereocenters. The minimum Gasteiger partial charge on any atom is -0.375 e. The molecule has 116 valence electrons. The summed E-state index contributed by atoms with van der Waals surface area (Å²) < 4.78 is 4.98. The molecule has 0 saturated carbocycles. The van der Waals surface area contributed by atoms with Crippen LogP contribution in [0, 0.1) is 0 Å². The summed E-state index contributed by atoms with van der Waals surface area (Å²) in [6.45, 7) is 0.182. The highest BCUT2D eigenvalue weighted by molar-refractivity contribution is 5.93. The lowest BCUT2D eigenvalue weighted by atomic mass is 9.95. The molecule has 0 aliphatic carbocycles. The molecule has 2 amide bonds. The summed E-state index contributed by atoms with van der Waals surface area (Å²) in [6, 6.07) is 7.02. The minimum atomic E-state index is -1.12. The third kappa shape index (κ3) is 2.44. The molecular weight excluding hydrogens is 284 g/mol. The number of aromatic amines is 1. The van der Waals surface area contributed by atoms with Crippen molar-refractivity contribution in [3.05, 3.63) is 36.0 Å². The maximum atomic E-state index is 12.2. The van der Waals surface area contributed by atoms with Crippen LogP contribution < -0.4 is 16.8 Å². The fourth-order valence-corrected chi connectivity index (χ4v) is 2.54. The minimum absolute atomic E-state index is 0.0911. The average molecular weight is 302 g/mol. The molecule has 7 heteroatoms. The summed E-state index contributed by atoms with van der Waals surface area (Å²) in [7, 11) is 0. The van der Waals surface area contributed by atoms with Crippen molar-refractivity contribution in [3.63, 3.8) is 0 Å². The van der Waals surface area contributed by atoms with Gasteiger partial charge < -0.3 is 26.5 Å². The number of amides is 2. The number of ether oxygens (including phenoxy) is 1. The number of rotatable bonds is 5. The van der Waals surface area contributed by atoms with Gasteiger partial charge in [0.15, 0.2) is 5.54 Å². The fourth-order valence-electron chi connectivity index (χ4n) is 2.54. The molecule has 2 heterocycles. The van der Waals surface area contributed by atoms with E-state index in [0.717, 1.165) is 16.5 Å². The standard InChI is InChI=1S/C15H18N4O3/c16-11(13(20)19-15(14(17)21)7-22-8-15)5-9-6-18-12-4-2-1-3-10(9)12/h1-4,6,11,18H,5,7-8,16H2,(H2,17,21)(H,19,20). The molecule has 0 spiro atoms. The van der Waals surface area contributed by atoms with E-state index in [1.807, 2.05) is 30.5 Å². The van der Waals surface area contributed by atoms with Crippen molar-refractivity contribution in [1.29, 1.82) is 0 Å². The zero-order valence-corrected chi connectivity index (χ0v) is 12.0. The van der Waals surface area contributed by atoms with Crippen LogP contribution in [0.4, 0.5) is 0 Å². The summed E-state index contributed by atoms with van der Waals surface area (Å²) in [5.41, 5.74) is 12.1. The lowest BCUT2D eigenvalue weighted by molar-refractivity contribution is -0.151. The highest BCUT2D eigenvalue weighted by Crippen LogP contribution is 2.20. The molecule has 3 rings (SSSR count). The number of H-pyrrole nitrogens is 1. The van der Waals surface area contributed by atoms with Gasteiger partial charge in [-0.3, -0.25) is 9.59 Å². The normalized spacial score (nSPS) is 17.7. The van der Waals surface area contributed by atoms with Gasteiger partial charge in [-0.25, -0.2) is 0 Å². The number of primary amides is 1. The predicted molar refractivity (Wildman–Crippen MR) is 80.9 cm³/mol. The van der Waals surface area contributed by atoms with Crippen LogP contribution in [0.2, 0.25) is 0 Å². The first kappa shape index (κ1) is 14.6. The second-order valence-electron chi connectivity index (χ2n) is 5.60. The number of hydrogen-bond acceptors (Lipinski definition) is 4. The number of hydrogen-bond donors (Lipinski definition) is 4. The number of carbonyl (C=O) groups is 2. The number of benzene rings is 1. The Morgan fingerprint density at radius 3 is 2.73 bits per heavy atom. The molecule has 1 aromatic heterocycles. The van der Waals surface area contributed by atoms with E-state index in [2.05, 4.69) is 10.3 Å². The average Bonchev–Trinajstić information content (AvgIpc) is 2.85. The summed E-state index contributed by atoms with van der Waals surface area (Å²) >= 11 is 0. The first-order valence-corrected chi connectivity index (χ1v) is 7.02. The van der Waals surface area contributed by atoms with Gasteiger partial charge >= 0.3 is 0 Å². The van der Waals surface area contributed by atoms with Crippen molar-refractivity contribution in [2.75, 3.05) is 13.2 Å². The zero-order valence-electron chi connectivity index (χ0n) is 12.0. The van der Waals surface area contributed by atoms with Gasteiger partial charge in [-0.1, -0.05) is 18.2 Å². The number of carbonyl (C=O) groups excluding carboxylic acids is 2. The van der Waals surface area contributed by atoms with Crippen LogP contribution in [0.5, 0.6) is 0 Å². The van der Waals surface area contributed by atoms with Crippen molar-refractivity contribution >= 4 is 22.7 Å². The van der Waals surface area contributed by atoms with Crippen LogP contribution in [0.15, 0.2) is 30.5 Å². The Kier molecular flexibility index (Phi) is 3.59. The zero-order chi connectivity index (χ0) is 15.7. The van der Waals surface area contributed by atoms with Gasteiger partial charge in [0, 0.05) is 17.1 Å². The Labute approximate surface area is 127 Å². The van der Waals surface area contributed by atoms with E-state index in [1.165, 1.54) is 0 Å². The van der Waals surface area contributed by atoms with E-state index in [0.29, 0.717) is 6.42 Å². The van der Waals surface area contributed by atoms with Crippen LogP contribution in [0.1, 0.15) is 5.56 Å². The Bertz CT molecular complexity index is 720. The van der Waals surface area contributed by atoms with Crippen molar-refractivity contribution in [2.45, 2.75) is 18.0 Å². The largest absolute Gasteiger partial charge is 0.375 e. The van der Waals surface area contributed by atoms with E-state index in [9.17, 15) is 9.59 Å². The Hall–Kier alpha value is -2.38. The molecule has 1 aliphatic rings. The number of nitrogens with one attached hydrogen (secondary N) is 2. The summed E-state index contributed by atoms with van der Waals surface area (Å²) in [5, 5.41) is 3.65. The lowest BCUT2D eigenvalue weighted by Crippen LogP contribution is -2.70. The molecule has 7 nitrogen and oxygen atoms in total. The monoisotopic (exact) mass is 302 g/mol. The molecule has 1 fully saturated rings. The smallest absolute Gasteiger partial charge is 0.248 e. The maximum absolute atomic E-state index is 12.2. The maximum Gasteiger partial charge on any atom is 0.248 e. The first-order chi connectivity index (χ1) is 10.5. The molecule has 1 aliphatic heterocycles. The fraction of sp³-hybridized carbons (Fsp3) is 0.333.